The quantitative estimate of drug-likeness (QED) is 0.831. The van der Waals surface area contributed by atoms with E-state index in [0.717, 1.165) is 22.4 Å². The zero-order chi connectivity index (χ0) is 14.3. The van der Waals surface area contributed by atoms with Gasteiger partial charge in [0.2, 0.25) is 0 Å². The lowest BCUT2D eigenvalue weighted by Gasteiger charge is -2.32. The number of carbonyl (C=O) groups excluding carboxylic acids is 1. The minimum absolute atomic E-state index is 0.441. The monoisotopic (exact) mass is 267 g/mol. The van der Waals surface area contributed by atoms with Crippen LogP contribution in [-0.2, 0) is 10.3 Å². The normalized spacial score (nSPS) is 15.8. The number of cyclic esters (lactones) is 1. The number of benzene rings is 1. The summed E-state index contributed by atoms with van der Waals surface area (Å²) in [5.74, 6) is 0. The Kier molecular flexibility index (Phi) is 2.54. The van der Waals surface area contributed by atoms with Gasteiger partial charge in [0.1, 0.15) is 17.4 Å². The van der Waals surface area contributed by atoms with Crippen molar-refractivity contribution in [2.24, 2.45) is 0 Å². The van der Waals surface area contributed by atoms with Crippen LogP contribution in [0.2, 0.25) is 0 Å². The molecule has 1 aliphatic heterocycles. The summed E-state index contributed by atoms with van der Waals surface area (Å²) in [5.41, 5.74) is 3.40. The number of hydrogen-bond donors (Lipinski definition) is 2. The highest BCUT2D eigenvalue weighted by molar-refractivity contribution is 5.89. The molecule has 2 heterocycles. The number of ether oxygens (including phenoxy) is 1. The molecule has 1 aromatic heterocycles. The van der Waals surface area contributed by atoms with E-state index in [0.29, 0.717) is 5.69 Å². The molecule has 5 heteroatoms. The molecular weight excluding hydrogens is 254 g/mol. The predicted molar refractivity (Wildman–Crippen MR) is 74.1 cm³/mol. The van der Waals surface area contributed by atoms with E-state index in [9.17, 15) is 4.79 Å². The van der Waals surface area contributed by atoms with Crippen molar-refractivity contribution in [3.8, 4) is 17.2 Å². The number of nitrogens with zero attached hydrogens (tertiary/aromatic N) is 1. The van der Waals surface area contributed by atoms with Gasteiger partial charge in [0.05, 0.1) is 5.69 Å². The SMILES string of the molecule is CC1(C)OC(=O)Nc2ccc(-c3c[nH]c(C#N)c3)cc21. The lowest BCUT2D eigenvalue weighted by molar-refractivity contribution is 0.0421. The standard InChI is InChI=1S/C15H13N3O2/c1-15(2)12-6-9(10-5-11(7-16)17-8-10)3-4-13(12)18-14(19)20-15/h3-6,8,17H,1-2H3,(H,18,19). The van der Waals surface area contributed by atoms with Crippen LogP contribution in [0.3, 0.4) is 0 Å². The second kappa shape index (κ2) is 4.14. The van der Waals surface area contributed by atoms with Crippen LogP contribution in [0.4, 0.5) is 10.5 Å². The van der Waals surface area contributed by atoms with Crippen LogP contribution in [-0.4, -0.2) is 11.1 Å². The molecule has 1 amide bonds. The molecule has 0 saturated heterocycles. The van der Waals surface area contributed by atoms with Crippen LogP contribution in [0, 0.1) is 11.3 Å². The number of nitriles is 1. The van der Waals surface area contributed by atoms with E-state index in [4.69, 9.17) is 10.00 Å². The molecular formula is C15H13N3O2. The molecule has 0 saturated carbocycles. The molecule has 0 bridgehead atoms. The van der Waals surface area contributed by atoms with Crippen molar-refractivity contribution in [2.45, 2.75) is 19.4 Å². The van der Waals surface area contributed by atoms with Crippen LogP contribution in [0.15, 0.2) is 30.5 Å². The Morgan fingerprint density at radius 2 is 2.05 bits per heavy atom. The van der Waals surface area contributed by atoms with Crippen LogP contribution >= 0.6 is 0 Å². The van der Waals surface area contributed by atoms with E-state index < -0.39 is 11.7 Å². The van der Waals surface area contributed by atoms with E-state index in [2.05, 4.69) is 16.4 Å². The smallest absolute Gasteiger partial charge is 0.412 e. The molecule has 20 heavy (non-hydrogen) atoms. The van der Waals surface area contributed by atoms with Gasteiger partial charge in [-0.25, -0.2) is 4.79 Å². The Labute approximate surface area is 116 Å². The Morgan fingerprint density at radius 1 is 1.25 bits per heavy atom. The van der Waals surface area contributed by atoms with Crippen molar-refractivity contribution < 1.29 is 9.53 Å². The number of fused-ring (bicyclic) bond motifs is 1. The van der Waals surface area contributed by atoms with Gasteiger partial charge in [0.15, 0.2) is 0 Å². The second-order valence-corrected chi connectivity index (χ2v) is 5.20. The third kappa shape index (κ3) is 1.91. The van der Waals surface area contributed by atoms with E-state index in [1.807, 2.05) is 32.0 Å². The molecule has 1 aromatic carbocycles. The van der Waals surface area contributed by atoms with Crippen LogP contribution in [0.1, 0.15) is 25.1 Å². The predicted octanol–water partition coefficient (Wildman–Crippen LogP) is 3.35. The fourth-order valence-corrected chi connectivity index (χ4v) is 2.38. The summed E-state index contributed by atoms with van der Waals surface area (Å²) >= 11 is 0. The topological polar surface area (TPSA) is 77.9 Å². The molecule has 0 atom stereocenters. The fraction of sp³-hybridized carbons (Fsp3) is 0.200. The summed E-state index contributed by atoms with van der Waals surface area (Å²) in [5, 5.41) is 11.5. The molecule has 3 rings (SSSR count). The summed E-state index contributed by atoms with van der Waals surface area (Å²) < 4.78 is 5.31. The molecule has 5 nitrogen and oxygen atoms in total. The first-order valence-corrected chi connectivity index (χ1v) is 6.23. The number of hydrogen-bond acceptors (Lipinski definition) is 3. The maximum atomic E-state index is 11.5. The molecule has 100 valence electrons. The van der Waals surface area contributed by atoms with Crippen LogP contribution in [0.5, 0.6) is 0 Å². The number of carbonyl (C=O) groups is 1. The van der Waals surface area contributed by atoms with Crippen molar-refractivity contribution in [2.75, 3.05) is 5.32 Å². The zero-order valence-corrected chi connectivity index (χ0v) is 11.2. The first-order chi connectivity index (χ1) is 9.49. The molecule has 0 unspecified atom stereocenters. The zero-order valence-electron chi connectivity index (χ0n) is 11.2. The average Bonchev–Trinajstić information content (AvgIpc) is 2.86. The number of aromatic nitrogens is 1. The van der Waals surface area contributed by atoms with Gasteiger partial charge in [-0.15, -0.1) is 0 Å². The Hall–Kier alpha value is -2.74. The first kappa shape index (κ1) is 12.3. The Bertz CT molecular complexity index is 738. The highest BCUT2D eigenvalue weighted by Crippen LogP contribution is 2.38. The summed E-state index contributed by atoms with van der Waals surface area (Å²) in [6.07, 6.45) is 1.35. The van der Waals surface area contributed by atoms with Gasteiger partial charge in [-0.1, -0.05) is 6.07 Å². The largest absolute Gasteiger partial charge is 0.438 e. The highest BCUT2D eigenvalue weighted by Gasteiger charge is 2.33. The van der Waals surface area contributed by atoms with Gasteiger partial charge >= 0.3 is 6.09 Å². The van der Waals surface area contributed by atoms with E-state index in [1.54, 1.807) is 12.3 Å². The number of amides is 1. The van der Waals surface area contributed by atoms with Crippen LogP contribution < -0.4 is 5.32 Å². The fourth-order valence-electron chi connectivity index (χ4n) is 2.38. The number of H-pyrrole nitrogens is 1. The lowest BCUT2D eigenvalue weighted by atomic mass is 9.92. The maximum absolute atomic E-state index is 11.5. The molecule has 0 aliphatic carbocycles. The van der Waals surface area contributed by atoms with Gasteiger partial charge in [-0.3, -0.25) is 5.32 Å². The van der Waals surface area contributed by atoms with E-state index in [-0.39, 0.29) is 0 Å². The summed E-state index contributed by atoms with van der Waals surface area (Å²) in [6, 6.07) is 9.58. The van der Waals surface area contributed by atoms with Crippen molar-refractivity contribution in [3.63, 3.8) is 0 Å². The average molecular weight is 267 g/mol. The van der Waals surface area contributed by atoms with Gasteiger partial charge < -0.3 is 9.72 Å². The van der Waals surface area contributed by atoms with Crippen molar-refractivity contribution in [1.82, 2.24) is 4.98 Å². The second-order valence-electron chi connectivity index (χ2n) is 5.20. The third-order valence-corrected chi connectivity index (χ3v) is 3.39. The number of rotatable bonds is 1. The number of anilines is 1. The van der Waals surface area contributed by atoms with Gasteiger partial charge in [-0.05, 0) is 37.6 Å². The number of aromatic amines is 1. The molecule has 0 spiro atoms. The number of nitrogens with one attached hydrogen (secondary N) is 2. The summed E-state index contributed by atoms with van der Waals surface area (Å²) in [4.78, 5) is 14.4. The molecule has 0 fully saturated rings. The molecule has 1 aliphatic rings. The van der Waals surface area contributed by atoms with Crippen molar-refractivity contribution >= 4 is 11.8 Å². The molecule has 2 aromatic rings. The summed E-state index contributed by atoms with van der Waals surface area (Å²) in [7, 11) is 0. The van der Waals surface area contributed by atoms with E-state index >= 15 is 0 Å². The Balaban J connectivity index is 2.09. The lowest BCUT2D eigenvalue weighted by Crippen LogP contribution is -2.34. The highest BCUT2D eigenvalue weighted by atomic mass is 16.6. The van der Waals surface area contributed by atoms with E-state index in [1.165, 1.54) is 0 Å². The van der Waals surface area contributed by atoms with Gasteiger partial charge in [-0.2, -0.15) is 5.26 Å². The van der Waals surface area contributed by atoms with Gasteiger partial charge in [0, 0.05) is 17.3 Å². The minimum atomic E-state index is -0.679. The molecule has 2 N–H and O–H groups in total. The molecule has 0 radical (unpaired) electrons. The van der Waals surface area contributed by atoms with Crippen LogP contribution in [0.25, 0.3) is 11.1 Å². The maximum Gasteiger partial charge on any atom is 0.412 e. The third-order valence-electron chi connectivity index (χ3n) is 3.39. The summed E-state index contributed by atoms with van der Waals surface area (Å²) in [6.45, 7) is 3.71. The van der Waals surface area contributed by atoms with Gasteiger partial charge in [0.25, 0.3) is 0 Å². The Morgan fingerprint density at radius 3 is 2.75 bits per heavy atom. The first-order valence-electron chi connectivity index (χ1n) is 6.23. The van der Waals surface area contributed by atoms with Crippen molar-refractivity contribution in [1.29, 1.82) is 5.26 Å². The van der Waals surface area contributed by atoms with Crippen molar-refractivity contribution in [3.05, 3.63) is 41.7 Å². The minimum Gasteiger partial charge on any atom is -0.438 e.